The third-order valence-electron chi connectivity index (χ3n) is 3.59. The van der Waals surface area contributed by atoms with Gasteiger partial charge >= 0.3 is 0 Å². The number of hydrogen-bond donors (Lipinski definition) is 2. The molecule has 2 aromatic rings. The highest BCUT2D eigenvalue weighted by molar-refractivity contribution is 7.11. The van der Waals surface area contributed by atoms with Crippen molar-refractivity contribution < 1.29 is 5.11 Å². The van der Waals surface area contributed by atoms with Crippen molar-refractivity contribution in [3.8, 4) is 0 Å². The molecule has 0 saturated heterocycles. The molecule has 1 atom stereocenters. The second-order valence-electron chi connectivity index (χ2n) is 5.00. The molecule has 3 nitrogen and oxygen atoms in total. The van der Waals surface area contributed by atoms with Crippen molar-refractivity contribution in [2.45, 2.75) is 31.8 Å². The molecule has 20 heavy (non-hydrogen) atoms. The summed E-state index contributed by atoms with van der Waals surface area (Å²) in [7, 11) is 0. The van der Waals surface area contributed by atoms with Gasteiger partial charge in [-0.25, -0.2) is 4.98 Å². The van der Waals surface area contributed by atoms with Gasteiger partial charge in [-0.05, 0) is 37.0 Å². The van der Waals surface area contributed by atoms with Crippen LogP contribution in [0.4, 0.5) is 0 Å². The van der Waals surface area contributed by atoms with Gasteiger partial charge < -0.3 is 10.4 Å². The van der Waals surface area contributed by atoms with Crippen molar-refractivity contribution in [3.05, 3.63) is 50.4 Å². The van der Waals surface area contributed by atoms with E-state index in [4.69, 9.17) is 11.6 Å². The van der Waals surface area contributed by atoms with Gasteiger partial charge in [0.25, 0.3) is 0 Å². The molecule has 1 heterocycles. The van der Waals surface area contributed by atoms with E-state index >= 15 is 0 Å². The van der Waals surface area contributed by atoms with Gasteiger partial charge in [-0.2, -0.15) is 0 Å². The predicted molar refractivity (Wildman–Crippen MR) is 82.3 cm³/mol. The molecular weight excluding hydrogens is 292 g/mol. The molecular formula is C15H17ClN2OS. The highest BCUT2D eigenvalue weighted by Gasteiger charge is 2.17. The van der Waals surface area contributed by atoms with Crippen LogP contribution in [0.3, 0.4) is 0 Å². The molecule has 0 fully saturated rings. The summed E-state index contributed by atoms with van der Waals surface area (Å²) in [5.41, 5.74) is 2.32. The molecule has 0 radical (unpaired) electrons. The molecule has 1 unspecified atom stereocenters. The molecule has 5 heteroatoms. The van der Waals surface area contributed by atoms with Gasteiger partial charge in [-0.1, -0.05) is 23.7 Å². The topological polar surface area (TPSA) is 45.1 Å². The number of fused-ring (bicyclic) bond motifs is 1. The first-order chi connectivity index (χ1) is 9.76. The number of aliphatic hydroxyl groups is 1. The first-order valence-electron chi connectivity index (χ1n) is 6.83. The Bertz CT molecular complexity index is 561. The average molecular weight is 309 g/mol. The standard InChI is InChI=1S/C15H17ClN2OS/c16-11-6-4-10(5-7-11)13(9-19)17-8-15-18-12-2-1-3-14(12)20-15/h4-7,13,17,19H,1-3,8-9H2. The Morgan fingerprint density at radius 2 is 2.10 bits per heavy atom. The lowest BCUT2D eigenvalue weighted by Gasteiger charge is -2.16. The Hall–Kier alpha value is -0.940. The second-order valence-corrected chi connectivity index (χ2v) is 6.60. The fourth-order valence-electron chi connectivity index (χ4n) is 2.51. The quantitative estimate of drug-likeness (QED) is 0.892. The number of aryl methyl sites for hydroxylation is 2. The Morgan fingerprint density at radius 1 is 1.30 bits per heavy atom. The van der Waals surface area contributed by atoms with E-state index in [0.29, 0.717) is 11.6 Å². The number of halogens is 1. The van der Waals surface area contributed by atoms with Crippen molar-refractivity contribution in [1.82, 2.24) is 10.3 Å². The number of hydrogen-bond acceptors (Lipinski definition) is 4. The van der Waals surface area contributed by atoms with Gasteiger partial charge in [0.1, 0.15) is 5.01 Å². The number of aromatic nitrogens is 1. The summed E-state index contributed by atoms with van der Waals surface area (Å²) in [6.45, 7) is 0.762. The number of aliphatic hydroxyl groups excluding tert-OH is 1. The minimum atomic E-state index is -0.0778. The van der Waals surface area contributed by atoms with Crippen molar-refractivity contribution in [3.63, 3.8) is 0 Å². The average Bonchev–Trinajstić information content (AvgIpc) is 3.02. The summed E-state index contributed by atoms with van der Waals surface area (Å²) in [6, 6.07) is 7.50. The summed E-state index contributed by atoms with van der Waals surface area (Å²) in [5.74, 6) is 0. The molecule has 1 aliphatic rings. The summed E-state index contributed by atoms with van der Waals surface area (Å²) in [5, 5.41) is 14.7. The third-order valence-corrected chi connectivity index (χ3v) is 5.00. The van der Waals surface area contributed by atoms with E-state index in [1.807, 2.05) is 24.3 Å². The van der Waals surface area contributed by atoms with Crippen molar-refractivity contribution in [2.24, 2.45) is 0 Å². The van der Waals surface area contributed by atoms with Crippen LogP contribution < -0.4 is 5.32 Å². The van der Waals surface area contributed by atoms with Gasteiger partial charge in [0.05, 0.1) is 18.3 Å². The second kappa shape index (κ2) is 6.22. The molecule has 0 amide bonds. The normalized spacial score (nSPS) is 15.3. The SMILES string of the molecule is OCC(NCc1nc2c(s1)CCC2)c1ccc(Cl)cc1. The summed E-state index contributed by atoms with van der Waals surface area (Å²) in [4.78, 5) is 6.10. The molecule has 106 valence electrons. The van der Waals surface area contributed by atoms with Gasteiger partial charge in [0.2, 0.25) is 0 Å². The number of rotatable bonds is 5. The van der Waals surface area contributed by atoms with Crippen LogP contribution in [0.15, 0.2) is 24.3 Å². The molecule has 1 aliphatic carbocycles. The molecule has 2 N–H and O–H groups in total. The van der Waals surface area contributed by atoms with Crippen LogP contribution in [0, 0.1) is 0 Å². The highest BCUT2D eigenvalue weighted by atomic mass is 35.5. The van der Waals surface area contributed by atoms with Crippen LogP contribution in [-0.4, -0.2) is 16.7 Å². The van der Waals surface area contributed by atoms with Gasteiger partial charge in [-0.15, -0.1) is 11.3 Å². The summed E-state index contributed by atoms with van der Waals surface area (Å²) >= 11 is 7.68. The number of benzene rings is 1. The van der Waals surface area contributed by atoms with E-state index < -0.39 is 0 Å². The van der Waals surface area contributed by atoms with Crippen LogP contribution in [0.5, 0.6) is 0 Å². The molecule has 1 aromatic carbocycles. The number of nitrogens with zero attached hydrogens (tertiary/aromatic N) is 1. The predicted octanol–water partition coefficient (Wildman–Crippen LogP) is 3.11. The van der Waals surface area contributed by atoms with E-state index in [2.05, 4.69) is 10.3 Å². The van der Waals surface area contributed by atoms with Gasteiger partial charge in [-0.3, -0.25) is 0 Å². The fourth-order valence-corrected chi connectivity index (χ4v) is 3.75. The zero-order valence-electron chi connectivity index (χ0n) is 11.1. The van der Waals surface area contributed by atoms with E-state index in [1.54, 1.807) is 11.3 Å². The Labute approximate surface area is 127 Å². The van der Waals surface area contributed by atoms with Crippen molar-refractivity contribution in [2.75, 3.05) is 6.61 Å². The largest absolute Gasteiger partial charge is 0.394 e. The zero-order valence-corrected chi connectivity index (χ0v) is 12.7. The van der Waals surface area contributed by atoms with Crippen molar-refractivity contribution >= 4 is 22.9 Å². The molecule has 0 spiro atoms. The maximum atomic E-state index is 9.53. The number of nitrogens with one attached hydrogen (secondary N) is 1. The molecule has 0 bridgehead atoms. The minimum Gasteiger partial charge on any atom is -0.394 e. The molecule has 3 rings (SSSR count). The van der Waals surface area contributed by atoms with Crippen molar-refractivity contribution in [1.29, 1.82) is 0 Å². The highest BCUT2D eigenvalue weighted by Crippen LogP contribution is 2.27. The smallest absolute Gasteiger partial charge is 0.107 e. The lowest BCUT2D eigenvalue weighted by molar-refractivity contribution is 0.243. The minimum absolute atomic E-state index is 0.0622. The third kappa shape index (κ3) is 3.04. The Kier molecular flexibility index (Phi) is 4.36. The fraction of sp³-hybridized carbons (Fsp3) is 0.400. The monoisotopic (exact) mass is 308 g/mol. The lowest BCUT2D eigenvalue weighted by Crippen LogP contribution is -2.23. The van der Waals surface area contributed by atoms with Crippen LogP contribution in [0.2, 0.25) is 5.02 Å². The molecule has 0 aliphatic heterocycles. The first-order valence-corrected chi connectivity index (χ1v) is 8.03. The van der Waals surface area contributed by atoms with E-state index in [9.17, 15) is 5.11 Å². The maximum Gasteiger partial charge on any atom is 0.107 e. The molecule has 0 saturated carbocycles. The van der Waals surface area contributed by atoms with Crippen LogP contribution in [0.1, 0.15) is 33.6 Å². The Balaban J connectivity index is 1.64. The van der Waals surface area contributed by atoms with Gasteiger partial charge in [0.15, 0.2) is 0 Å². The van der Waals surface area contributed by atoms with E-state index in [0.717, 1.165) is 17.0 Å². The van der Waals surface area contributed by atoms with Crippen LogP contribution in [-0.2, 0) is 19.4 Å². The van der Waals surface area contributed by atoms with E-state index in [-0.39, 0.29) is 12.6 Å². The number of thiazole rings is 1. The summed E-state index contributed by atoms with van der Waals surface area (Å²) in [6.07, 6.45) is 3.53. The maximum absolute atomic E-state index is 9.53. The molecule has 1 aromatic heterocycles. The lowest BCUT2D eigenvalue weighted by atomic mass is 10.1. The van der Waals surface area contributed by atoms with Crippen LogP contribution >= 0.6 is 22.9 Å². The van der Waals surface area contributed by atoms with Crippen LogP contribution in [0.25, 0.3) is 0 Å². The van der Waals surface area contributed by atoms with E-state index in [1.165, 1.54) is 23.4 Å². The Morgan fingerprint density at radius 3 is 2.80 bits per heavy atom. The summed E-state index contributed by atoms with van der Waals surface area (Å²) < 4.78 is 0. The first kappa shape index (κ1) is 14.0. The van der Waals surface area contributed by atoms with Gasteiger partial charge in [0, 0.05) is 16.4 Å². The zero-order chi connectivity index (χ0) is 13.9.